The number of hydrogen-bond donors (Lipinski definition) is 3. The van der Waals surface area contributed by atoms with Crippen LogP contribution in [-0.4, -0.2) is 31.1 Å². The van der Waals surface area contributed by atoms with E-state index in [4.69, 9.17) is 4.74 Å². The quantitative estimate of drug-likeness (QED) is 0.344. The molecular formula is C25H22N4O5S. The minimum Gasteiger partial charge on any atom is -0.494 e. The van der Waals surface area contributed by atoms with Crippen molar-refractivity contribution in [3.8, 4) is 17.0 Å². The van der Waals surface area contributed by atoms with Gasteiger partial charge in [0.05, 0.1) is 17.2 Å². The van der Waals surface area contributed by atoms with Gasteiger partial charge in [-0.05, 0) is 73.7 Å². The van der Waals surface area contributed by atoms with Crippen molar-refractivity contribution in [3.05, 3.63) is 101 Å². The lowest BCUT2D eigenvalue weighted by atomic mass is 10.1. The summed E-state index contributed by atoms with van der Waals surface area (Å²) in [5.74, 6) is 0.242. The second-order valence-corrected chi connectivity index (χ2v) is 9.11. The van der Waals surface area contributed by atoms with Crippen molar-refractivity contribution in [3.63, 3.8) is 0 Å². The lowest BCUT2D eigenvalue weighted by molar-refractivity contribution is 0.102. The van der Waals surface area contributed by atoms with Crippen LogP contribution in [0.15, 0.2) is 94.6 Å². The Kier molecular flexibility index (Phi) is 6.93. The molecule has 0 spiro atoms. The van der Waals surface area contributed by atoms with E-state index >= 15 is 0 Å². The number of sulfonamides is 1. The molecule has 0 unspecified atom stereocenters. The Bertz CT molecular complexity index is 1480. The van der Waals surface area contributed by atoms with Crippen LogP contribution in [0.25, 0.3) is 11.3 Å². The van der Waals surface area contributed by atoms with Crippen LogP contribution in [0.3, 0.4) is 0 Å². The van der Waals surface area contributed by atoms with E-state index in [1.165, 1.54) is 30.3 Å². The van der Waals surface area contributed by atoms with Crippen LogP contribution in [0.2, 0.25) is 0 Å². The van der Waals surface area contributed by atoms with E-state index in [9.17, 15) is 18.0 Å². The van der Waals surface area contributed by atoms with Crippen LogP contribution in [0.1, 0.15) is 17.3 Å². The number of nitrogens with one attached hydrogen (secondary N) is 3. The Morgan fingerprint density at radius 2 is 1.69 bits per heavy atom. The highest BCUT2D eigenvalue weighted by Gasteiger charge is 2.16. The second kappa shape index (κ2) is 10.2. The summed E-state index contributed by atoms with van der Waals surface area (Å²) in [6.45, 7) is 2.38. The summed E-state index contributed by atoms with van der Waals surface area (Å²) in [5, 5.41) is 9.13. The number of aromatic amines is 1. The van der Waals surface area contributed by atoms with Gasteiger partial charge < -0.3 is 10.1 Å². The largest absolute Gasteiger partial charge is 0.494 e. The Morgan fingerprint density at radius 1 is 0.943 bits per heavy atom. The fourth-order valence-electron chi connectivity index (χ4n) is 3.25. The molecule has 3 N–H and O–H groups in total. The van der Waals surface area contributed by atoms with Crippen LogP contribution >= 0.6 is 0 Å². The number of amides is 1. The van der Waals surface area contributed by atoms with Gasteiger partial charge in [-0.25, -0.2) is 13.5 Å². The molecule has 0 saturated carbocycles. The van der Waals surface area contributed by atoms with Crippen molar-refractivity contribution in [1.29, 1.82) is 0 Å². The van der Waals surface area contributed by atoms with Gasteiger partial charge in [-0.2, -0.15) is 5.10 Å². The maximum atomic E-state index is 12.7. The van der Waals surface area contributed by atoms with E-state index in [1.807, 2.05) is 6.92 Å². The summed E-state index contributed by atoms with van der Waals surface area (Å²) in [7, 11) is -3.83. The van der Waals surface area contributed by atoms with Crippen LogP contribution in [0.5, 0.6) is 5.75 Å². The molecule has 4 aromatic rings. The molecule has 35 heavy (non-hydrogen) atoms. The minimum absolute atomic E-state index is 0.0223. The number of ether oxygens (including phenoxy) is 1. The molecule has 178 valence electrons. The molecule has 0 aliphatic rings. The smallest absolute Gasteiger partial charge is 0.264 e. The molecule has 0 bridgehead atoms. The molecule has 3 aromatic carbocycles. The summed E-state index contributed by atoms with van der Waals surface area (Å²) in [6, 6.07) is 22.1. The number of benzene rings is 3. The van der Waals surface area contributed by atoms with Crippen LogP contribution < -0.4 is 20.3 Å². The van der Waals surface area contributed by atoms with Crippen LogP contribution in [0.4, 0.5) is 11.4 Å². The molecule has 9 nitrogen and oxygen atoms in total. The highest BCUT2D eigenvalue weighted by molar-refractivity contribution is 7.92. The molecule has 10 heteroatoms. The van der Waals surface area contributed by atoms with Crippen molar-refractivity contribution in [2.75, 3.05) is 16.6 Å². The molecule has 0 aliphatic carbocycles. The van der Waals surface area contributed by atoms with Gasteiger partial charge in [0.15, 0.2) is 0 Å². The molecule has 0 saturated heterocycles. The predicted octanol–water partition coefficient (Wildman–Crippen LogP) is 3.89. The van der Waals surface area contributed by atoms with Crippen molar-refractivity contribution in [2.24, 2.45) is 0 Å². The molecule has 0 fully saturated rings. The maximum absolute atomic E-state index is 12.7. The molecule has 1 amide bonds. The van der Waals surface area contributed by atoms with E-state index in [-0.39, 0.29) is 16.0 Å². The van der Waals surface area contributed by atoms with Gasteiger partial charge in [-0.1, -0.05) is 12.1 Å². The van der Waals surface area contributed by atoms with Crippen LogP contribution in [0, 0.1) is 0 Å². The van der Waals surface area contributed by atoms with Crippen LogP contribution in [-0.2, 0) is 10.0 Å². The topological polar surface area (TPSA) is 130 Å². The standard InChI is InChI=1S/C25H22N4O5S/c1-2-34-21-10-8-19(9-11-21)29-35(32,33)22-12-6-17(7-13-22)25(31)26-20-5-3-4-18(16-20)23-14-15-24(30)28-27-23/h3-16,29H,2H2,1H3,(H,26,31)(H,28,30). The van der Waals surface area contributed by atoms with E-state index < -0.39 is 15.9 Å². The zero-order chi connectivity index (χ0) is 24.8. The highest BCUT2D eigenvalue weighted by atomic mass is 32.2. The Morgan fingerprint density at radius 3 is 2.34 bits per heavy atom. The van der Waals surface area contributed by atoms with Gasteiger partial charge in [0.25, 0.3) is 21.5 Å². The number of aromatic nitrogens is 2. The fraction of sp³-hybridized carbons (Fsp3) is 0.0800. The van der Waals surface area contributed by atoms with E-state index in [0.717, 1.165) is 0 Å². The maximum Gasteiger partial charge on any atom is 0.264 e. The van der Waals surface area contributed by atoms with Gasteiger partial charge >= 0.3 is 0 Å². The SMILES string of the molecule is CCOc1ccc(NS(=O)(=O)c2ccc(C(=O)Nc3cccc(-c4ccc(=O)[nH]n4)c3)cc2)cc1. The third-order valence-corrected chi connectivity index (χ3v) is 6.34. The monoisotopic (exact) mass is 490 g/mol. The normalized spacial score (nSPS) is 11.0. The van der Waals surface area contributed by atoms with Gasteiger partial charge in [0, 0.05) is 28.6 Å². The molecule has 1 aromatic heterocycles. The first-order valence-electron chi connectivity index (χ1n) is 10.7. The lowest BCUT2D eigenvalue weighted by Crippen LogP contribution is -2.15. The Labute approximate surface area is 201 Å². The van der Waals surface area contributed by atoms with Crippen molar-refractivity contribution in [1.82, 2.24) is 10.2 Å². The first-order valence-corrected chi connectivity index (χ1v) is 12.2. The highest BCUT2D eigenvalue weighted by Crippen LogP contribution is 2.22. The Hall–Kier alpha value is -4.44. The number of nitrogens with zero attached hydrogens (tertiary/aromatic N) is 1. The number of rotatable bonds is 8. The third kappa shape index (κ3) is 5.92. The van der Waals surface area contributed by atoms with Crippen molar-refractivity contribution < 1.29 is 17.9 Å². The van der Waals surface area contributed by atoms with E-state index in [0.29, 0.717) is 35.0 Å². The number of hydrogen-bond acceptors (Lipinski definition) is 6. The molecule has 0 radical (unpaired) electrons. The zero-order valence-corrected chi connectivity index (χ0v) is 19.5. The van der Waals surface area contributed by atoms with Gasteiger partial charge in [0.1, 0.15) is 5.75 Å². The average Bonchev–Trinajstić information content (AvgIpc) is 2.86. The molecular weight excluding hydrogens is 468 g/mol. The molecule has 4 rings (SSSR count). The van der Waals surface area contributed by atoms with Gasteiger partial charge in [-0.3, -0.25) is 14.3 Å². The van der Waals surface area contributed by atoms with E-state index in [1.54, 1.807) is 54.6 Å². The summed E-state index contributed by atoms with van der Waals surface area (Å²) in [6.07, 6.45) is 0. The number of carbonyl (C=O) groups excluding carboxylic acids is 1. The summed E-state index contributed by atoms with van der Waals surface area (Å²) in [4.78, 5) is 23.9. The minimum atomic E-state index is -3.83. The number of anilines is 2. The van der Waals surface area contributed by atoms with Gasteiger partial charge in [-0.15, -0.1) is 0 Å². The zero-order valence-electron chi connectivity index (χ0n) is 18.7. The first kappa shape index (κ1) is 23.7. The Balaban J connectivity index is 1.44. The summed E-state index contributed by atoms with van der Waals surface area (Å²) in [5.41, 5.74) is 2.16. The molecule has 1 heterocycles. The second-order valence-electron chi connectivity index (χ2n) is 7.43. The summed E-state index contributed by atoms with van der Waals surface area (Å²) < 4.78 is 33.3. The number of carbonyl (C=O) groups is 1. The third-order valence-electron chi connectivity index (χ3n) is 4.94. The first-order chi connectivity index (χ1) is 16.8. The summed E-state index contributed by atoms with van der Waals surface area (Å²) >= 11 is 0. The fourth-order valence-corrected chi connectivity index (χ4v) is 4.31. The molecule has 0 atom stereocenters. The van der Waals surface area contributed by atoms with Crippen molar-refractivity contribution >= 4 is 27.3 Å². The lowest BCUT2D eigenvalue weighted by Gasteiger charge is -2.10. The average molecular weight is 491 g/mol. The number of H-pyrrole nitrogens is 1. The van der Waals surface area contributed by atoms with Crippen molar-refractivity contribution in [2.45, 2.75) is 11.8 Å². The van der Waals surface area contributed by atoms with Gasteiger partial charge in [0.2, 0.25) is 0 Å². The molecule has 0 aliphatic heterocycles. The predicted molar refractivity (Wildman–Crippen MR) is 133 cm³/mol. The van der Waals surface area contributed by atoms with E-state index in [2.05, 4.69) is 20.2 Å².